The Bertz CT molecular complexity index is 337. The lowest BCUT2D eigenvalue weighted by Crippen LogP contribution is -2.63. The molecule has 1 heterocycles. The minimum atomic E-state index is -1.14. The zero-order valence-electron chi connectivity index (χ0n) is 10.9. The Balaban J connectivity index is 3.08. The van der Waals surface area contributed by atoms with Gasteiger partial charge in [0.15, 0.2) is 5.84 Å². The number of nitrogens with one attached hydrogen (secondary N) is 1. The van der Waals surface area contributed by atoms with Gasteiger partial charge in [0.2, 0.25) is 0 Å². The van der Waals surface area contributed by atoms with Crippen molar-refractivity contribution in [3.63, 3.8) is 0 Å². The van der Waals surface area contributed by atoms with Crippen molar-refractivity contribution >= 4 is 5.84 Å². The van der Waals surface area contributed by atoms with Crippen molar-refractivity contribution in [2.45, 2.75) is 52.3 Å². The van der Waals surface area contributed by atoms with Crippen molar-refractivity contribution in [3.05, 3.63) is 10.1 Å². The number of hydrogen-bond donors (Lipinski definition) is 2. The quantitative estimate of drug-likeness (QED) is 0.575. The fourth-order valence-electron chi connectivity index (χ4n) is 2.49. The minimum Gasteiger partial charge on any atom is -0.371 e. The van der Waals surface area contributed by atoms with Crippen molar-refractivity contribution in [3.8, 4) is 0 Å². The largest absolute Gasteiger partial charge is 0.371 e. The van der Waals surface area contributed by atoms with Gasteiger partial charge in [0.05, 0.1) is 0 Å². The van der Waals surface area contributed by atoms with Crippen molar-refractivity contribution < 1.29 is 10.0 Å². The Kier molecular flexibility index (Phi) is 3.76. The predicted octanol–water partition coefficient (Wildman–Crippen LogP) is 1.17. The Hall–Kier alpha value is -1.17. The summed E-state index contributed by atoms with van der Waals surface area (Å²) in [5, 5.41) is 24.0. The summed E-state index contributed by atoms with van der Waals surface area (Å²) in [5.41, 5.74) is -1.76. The summed E-state index contributed by atoms with van der Waals surface area (Å²) < 4.78 is 0. The van der Waals surface area contributed by atoms with Gasteiger partial charge in [0.1, 0.15) is 5.72 Å². The molecule has 6 nitrogen and oxygen atoms in total. The Labute approximate surface area is 101 Å². The molecule has 17 heavy (non-hydrogen) atoms. The van der Waals surface area contributed by atoms with Crippen molar-refractivity contribution in [2.75, 3.05) is 6.54 Å². The first-order valence-electron chi connectivity index (χ1n) is 5.88. The molecule has 0 aromatic carbocycles. The Morgan fingerprint density at radius 1 is 1.59 bits per heavy atom. The summed E-state index contributed by atoms with van der Waals surface area (Å²) in [6.07, 6.45) is 1.13. The number of nitrogens with zero attached hydrogens (tertiary/aromatic N) is 2. The van der Waals surface area contributed by atoms with E-state index in [-0.39, 0.29) is 10.8 Å². The van der Waals surface area contributed by atoms with Gasteiger partial charge in [-0.3, -0.25) is 15.1 Å². The van der Waals surface area contributed by atoms with Gasteiger partial charge in [-0.1, -0.05) is 20.8 Å². The third-order valence-corrected chi connectivity index (χ3v) is 2.91. The van der Waals surface area contributed by atoms with Crippen LogP contribution in [0.5, 0.6) is 0 Å². The molecule has 2 atom stereocenters. The maximum absolute atomic E-state index is 11.2. The van der Waals surface area contributed by atoms with Gasteiger partial charge in [-0.05, 0) is 13.3 Å². The van der Waals surface area contributed by atoms with Gasteiger partial charge in [-0.25, -0.2) is 0 Å². The molecule has 1 saturated heterocycles. The number of amidine groups is 1. The molecule has 0 aromatic rings. The number of nitro groups is 1. The van der Waals surface area contributed by atoms with Gasteiger partial charge in [0, 0.05) is 23.3 Å². The first-order chi connectivity index (χ1) is 7.69. The first kappa shape index (κ1) is 13.9. The summed E-state index contributed by atoms with van der Waals surface area (Å²) in [6.45, 7) is 7.68. The second-order valence-corrected chi connectivity index (χ2v) is 5.52. The molecule has 1 rings (SSSR count). The number of aliphatic hydroxyl groups is 1. The third kappa shape index (κ3) is 3.15. The van der Waals surface area contributed by atoms with Crippen molar-refractivity contribution in [1.82, 2.24) is 5.32 Å². The van der Waals surface area contributed by atoms with Crippen LogP contribution < -0.4 is 5.32 Å². The van der Waals surface area contributed by atoms with Crippen molar-refractivity contribution in [2.24, 2.45) is 10.4 Å². The molecular weight excluding hydrogens is 222 g/mol. The molecule has 6 heteroatoms. The summed E-state index contributed by atoms with van der Waals surface area (Å²) >= 11 is 0. The number of piperidine rings is 1. The minimum absolute atomic E-state index is 0.290. The van der Waals surface area contributed by atoms with E-state index in [1.807, 2.05) is 6.92 Å². The predicted molar refractivity (Wildman–Crippen MR) is 65.5 cm³/mol. The Morgan fingerprint density at radius 3 is 2.65 bits per heavy atom. The molecule has 0 amide bonds. The highest BCUT2D eigenvalue weighted by Gasteiger charge is 2.52. The molecule has 0 radical (unpaired) electrons. The molecule has 0 bridgehead atoms. The number of rotatable bonds is 3. The smallest absolute Gasteiger partial charge is 0.274 e. The maximum atomic E-state index is 11.2. The van der Waals surface area contributed by atoms with Gasteiger partial charge in [-0.2, -0.15) is 0 Å². The summed E-state index contributed by atoms with van der Waals surface area (Å²) in [6, 6.07) is -0.880. The van der Waals surface area contributed by atoms with Crippen LogP contribution in [0.2, 0.25) is 0 Å². The highest BCUT2D eigenvalue weighted by molar-refractivity contribution is 5.88. The first-order valence-corrected chi connectivity index (χ1v) is 5.88. The van der Waals surface area contributed by atoms with Crippen LogP contribution in [0.3, 0.4) is 0 Å². The lowest BCUT2D eigenvalue weighted by Gasteiger charge is -2.42. The Morgan fingerprint density at radius 2 is 2.18 bits per heavy atom. The van der Waals surface area contributed by atoms with E-state index >= 15 is 0 Å². The van der Waals surface area contributed by atoms with E-state index in [1.165, 1.54) is 0 Å². The van der Waals surface area contributed by atoms with Crippen LogP contribution in [0, 0.1) is 15.5 Å². The molecule has 98 valence electrons. The second kappa shape index (κ2) is 4.60. The molecule has 2 N–H and O–H groups in total. The molecule has 0 saturated carbocycles. The highest BCUT2D eigenvalue weighted by atomic mass is 16.6. The molecule has 0 spiro atoms. The zero-order chi connectivity index (χ0) is 13.3. The van der Waals surface area contributed by atoms with E-state index in [0.29, 0.717) is 13.0 Å². The van der Waals surface area contributed by atoms with Gasteiger partial charge >= 0.3 is 0 Å². The van der Waals surface area contributed by atoms with Crippen LogP contribution in [0.1, 0.15) is 40.5 Å². The maximum Gasteiger partial charge on any atom is 0.274 e. The topological polar surface area (TPSA) is 87.8 Å². The molecule has 0 aromatic heterocycles. The van der Waals surface area contributed by atoms with E-state index in [2.05, 4.69) is 10.3 Å². The van der Waals surface area contributed by atoms with Crippen LogP contribution in [-0.4, -0.2) is 34.2 Å². The third-order valence-electron chi connectivity index (χ3n) is 2.91. The summed E-state index contributed by atoms with van der Waals surface area (Å²) in [5.74, 6) is 0.290. The fraction of sp³-hybridized carbons (Fsp3) is 0.909. The average Bonchev–Trinajstić information content (AvgIpc) is 2.08. The number of aliphatic imine (C=N–C) groups is 1. The molecule has 2 unspecified atom stereocenters. The van der Waals surface area contributed by atoms with Crippen LogP contribution in [-0.2, 0) is 0 Å². The second-order valence-electron chi connectivity index (χ2n) is 5.52. The fourth-order valence-corrected chi connectivity index (χ4v) is 2.49. The van der Waals surface area contributed by atoms with Gasteiger partial charge in [-0.15, -0.1) is 0 Å². The van der Waals surface area contributed by atoms with E-state index in [9.17, 15) is 15.2 Å². The summed E-state index contributed by atoms with van der Waals surface area (Å²) in [7, 11) is 0. The van der Waals surface area contributed by atoms with Gasteiger partial charge in [0.25, 0.3) is 6.04 Å². The zero-order valence-corrected chi connectivity index (χ0v) is 10.9. The molecule has 1 fully saturated rings. The van der Waals surface area contributed by atoms with E-state index in [1.54, 1.807) is 20.8 Å². The van der Waals surface area contributed by atoms with Crippen LogP contribution in [0.4, 0.5) is 0 Å². The standard InChI is InChI=1S/C11H21N3O3/c1-5-6-12-9-8(14(16)17)10(2,3)7-11(4,15)13-9/h8,15H,5-7H2,1-4H3,(H,12,13). The van der Waals surface area contributed by atoms with Crippen LogP contribution in [0.15, 0.2) is 4.99 Å². The van der Waals surface area contributed by atoms with Crippen molar-refractivity contribution in [1.29, 1.82) is 0 Å². The SMILES string of the molecule is CCCN=C1NC(C)(O)CC(C)(C)C1[N+](=O)[O-]. The lowest BCUT2D eigenvalue weighted by molar-refractivity contribution is -0.524. The number of hydrogen-bond acceptors (Lipinski definition) is 4. The average molecular weight is 243 g/mol. The molecule has 0 aliphatic carbocycles. The monoisotopic (exact) mass is 243 g/mol. The summed E-state index contributed by atoms with van der Waals surface area (Å²) in [4.78, 5) is 15.0. The molecular formula is C11H21N3O3. The van der Waals surface area contributed by atoms with E-state index in [4.69, 9.17) is 0 Å². The molecule has 1 aliphatic rings. The van der Waals surface area contributed by atoms with Crippen LogP contribution >= 0.6 is 0 Å². The normalized spacial score (nSPS) is 34.4. The van der Waals surface area contributed by atoms with Crippen LogP contribution in [0.25, 0.3) is 0 Å². The van der Waals surface area contributed by atoms with E-state index in [0.717, 1.165) is 6.42 Å². The highest BCUT2D eigenvalue weighted by Crippen LogP contribution is 2.36. The lowest BCUT2D eigenvalue weighted by atomic mass is 9.74. The molecule has 1 aliphatic heterocycles. The van der Waals surface area contributed by atoms with E-state index < -0.39 is 17.2 Å². The van der Waals surface area contributed by atoms with Gasteiger partial charge < -0.3 is 10.4 Å².